The van der Waals surface area contributed by atoms with Crippen molar-refractivity contribution in [2.75, 3.05) is 35.2 Å². The second-order valence-electron chi connectivity index (χ2n) is 3.30. The summed E-state index contributed by atoms with van der Waals surface area (Å²) >= 11 is 23.2. The van der Waals surface area contributed by atoms with Gasteiger partial charge in [-0.05, 0) is 35.2 Å². The van der Waals surface area contributed by atoms with Crippen LogP contribution in [0, 0.1) is 0 Å². The summed E-state index contributed by atoms with van der Waals surface area (Å²) in [5.74, 6) is 0. The number of hydrogen-bond acceptors (Lipinski definition) is 1. The smallest absolute Gasteiger partial charge is 0.251 e. The molecule has 0 rings (SSSR count). The molecule has 0 radical (unpaired) electrons. The molecule has 0 bridgehead atoms. The number of alkyl halides is 3. The molecule has 0 unspecified atom stereocenters. The van der Waals surface area contributed by atoms with E-state index >= 15 is 0 Å². The second-order valence-corrected chi connectivity index (χ2v) is 9.40. The van der Waals surface area contributed by atoms with Crippen LogP contribution < -0.4 is 0 Å². The molecule has 92 valence electrons. The molecule has 0 atom stereocenters. The first-order valence-electron chi connectivity index (χ1n) is 4.00. The van der Waals surface area contributed by atoms with E-state index in [1.165, 1.54) is 4.67 Å². The Kier molecular flexibility index (Phi) is 6.23. The largest absolute Gasteiger partial charge is 0.253 e. The molecule has 4 nitrogen and oxygen atoms in total. The first-order valence-corrected chi connectivity index (χ1v) is 7.07. The Bertz CT molecular complexity index is 250. The Balaban J connectivity index is 5.50. The maximum atomic E-state index is 5.85. The van der Waals surface area contributed by atoms with Crippen molar-refractivity contribution in [3.63, 3.8) is 0 Å². The SMILES string of the molecule is CN(C)P(=NCl)(N(C)C)N(C)C(Cl)(Cl)Cl. The van der Waals surface area contributed by atoms with Gasteiger partial charge in [-0.15, -0.1) is 0 Å². The molecular formula is C6H15Cl4N4P. The highest BCUT2D eigenvalue weighted by Crippen LogP contribution is 2.61. The third-order valence-electron chi connectivity index (χ3n) is 1.94. The van der Waals surface area contributed by atoms with Crippen LogP contribution in [0.25, 0.3) is 0 Å². The summed E-state index contributed by atoms with van der Waals surface area (Å²) in [6, 6.07) is 0. The Morgan fingerprint density at radius 1 is 0.933 bits per heavy atom. The molecule has 0 saturated heterocycles. The van der Waals surface area contributed by atoms with Crippen molar-refractivity contribution in [2.24, 2.45) is 4.26 Å². The third-order valence-corrected chi connectivity index (χ3v) is 7.12. The Hall–Kier alpha value is 1.27. The predicted octanol–water partition coefficient (Wildman–Crippen LogP) is 3.47. The van der Waals surface area contributed by atoms with Crippen molar-refractivity contribution in [3.8, 4) is 0 Å². The number of halogens is 4. The zero-order chi connectivity index (χ0) is 12.4. The minimum Gasteiger partial charge on any atom is -0.251 e. The zero-order valence-corrected chi connectivity index (χ0v) is 13.2. The van der Waals surface area contributed by atoms with E-state index < -0.39 is 11.4 Å². The van der Waals surface area contributed by atoms with Gasteiger partial charge in [0.15, 0.2) is 7.51 Å². The van der Waals surface area contributed by atoms with Gasteiger partial charge in [-0.2, -0.15) is 4.26 Å². The summed E-state index contributed by atoms with van der Waals surface area (Å²) in [4.78, 5) is 0. The van der Waals surface area contributed by atoms with Crippen LogP contribution in [0.5, 0.6) is 0 Å². The summed E-state index contributed by atoms with van der Waals surface area (Å²) in [6.45, 7) is 0. The normalized spacial score (nSPS) is 14.1. The highest BCUT2D eigenvalue weighted by atomic mass is 35.6. The molecular weight excluding hydrogens is 301 g/mol. The number of rotatable bonds is 3. The van der Waals surface area contributed by atoms with Gasteiger partial charge in [0, 0.05) is 11.8 Å². The molecule has 0 fully saturated rings. The zero-order valence-electron chi connectivity index (χ0n) is 9.25. The molecule has 0 aromatic heterocycles. The van der Waals surface area contributed by atoms with Crippen LogP contribution in [0.4, 0.5) is 0 Å². The fourth-order valence-corrected chi connectivity index (χ4v) is 5.73. The summed E-state index contributed by atoms with van der Waals surface area (Å²) < 4.78 is 7.58. The molecule has 0 saturated carbocycles. The molecule has 9 heteroatoms. The van der Waals surface area contributed by atoms with Gasteiger partial charge in [0.25, 0.3) is 3.92 Å². The van der Waals surface area contributed by atoms with Gasteiger partial charge >= 0.3 is 0 Å². The number of nitrogens with zero attached hydrogens (tertiary/aromatic N) is 4. The fraction of sp³-hybridized carbons (Fsp3) is 1.00. The first kappa shape index (κ1) is 16.3. The van der Waals surface area contributed by atoms with Gasteiger partial charge in [0.05, 0.1) is 0 Å². The second kappa shape index (κ2) is 5.74. The maximum Gasteiger partial charge on any atom is 0.253 e. The van der Waals surface area contributed by atoms with Crippen LogP contribution in [0.3, 0.4) is 0 Å². The molecule has 0 aromatic rings. The van der Waals surface area contributed by atoms with Gasteiger partial charge in [-0.25, -0.2) is 4.67 Å². The highest BCUT2D eigenvalue weighted by molar-refractivity contribution is 7.60. The summed E-state index contributed by atoms with van der Waals surface area (Å²) in [5.41, 5.74) is 0. The lowest BCUT2D eigenvalue weighted by molar-refractivity contribution is 0.436. The van der Waals surface area contributed by atoms with Gasteiger partial charge < -0.3 is 0 Å². The van der Waals surface area contributed by atoms with Crippen LogP contribution in [0.15, 0.2) is 4.26 Å². The van der Waals surface area contributed by atoms with E-state index in [-0.39, 0.29) is 0 Å². The van der Waals surface area contributed by atoms with Gasteiger partial charge in [-0.1, -0.05) is 34.8 Å². The fourth-order valence-electron chi connectivity index (χ4n) is 1.23. The highest BCUT2D eigenvalue weighted by Gasteiger charge is 2.41. The van der Waals surface area contributed by atoms with Gasteiger partial charge in [-0.3, -0.25) is 9.34 Å². The minimum atomic E-state index is -2.34. The van der Waals surface area contributed by atoms with E-state index in [1.807, 2.05) is 37.5 Å². The summed E-state index contributed by atoms with van der Waals surface area (Å²) in [6.07, 6.45) is 0. The van der Waals surface area contributed by atoms with Crippen molar-refractivity contribution in [2.45, 2.75) is 3.92 Å². The van der Waals surface area contributed by atoms with E-state index in [4.69, 9.17) is 46.6 Å². The van der Waals surface area contributed by atoms with Crippen LogP contribution in [0.2, 0.25) is 0 Å². The average Bonchev–Trinajstić information content (AvgIpc) is 2.03. The number of hydrogen-bond donors (Lipinski definition) is 0. The molecule has 0 aromatic carbocycles. The van der Waals surface area contributed by atoms with Crippen LogP contribution in [-0.4, -0.2) is 53.2 Å². The predicted molar refractivity (Wildman–Crippen MR) is 70.6 cm³/mol. The Labute approximate surface area is 111 Å². The lowest BCUT2D eigenvalue weighted by Crippen LogP contribution is -2.38. The lowest BCUT2D eigenvalue weighted by atomic mass is 11.2. The van der Waals surface area contributed by atoms with Crippen molar-refractivity contribution in [3.05, 3.63) is 0 Å². The molecule has 15 heavy (non-hydrogen) atoms. The minimum absolute atomic E-state index is 1.54. The van der Waals surface area contributed by atoms with Gasteiger partial charge in [0.1, 0.15) is 0 Å². The van der Waals surface area contributed by atoms with Crippen LogP contribution in [-0.2, 0) is 0 Å². The van der Waals surface area contributed by atoms with E-state index in [9.17, 15) is 0 Å². The Morgan fingerprint density at radius 3 is 1.33 bits per heavy atom. The van der Waals surface area contributed by atoms with Gasteiger partial charge in [0.2, 0.25) is 0 Å². The molecule has 0 aliphatic carbocycles. The average molecular weight is 316 g/mol. The van der Waals surface area contributed by atoms with Crippen molar-refractivity contribution in [1.29, 1.82) is 0 Å². The topological polar surface area (TPSA) is 22.1 Å². The summed E-state index contributed by atoms with van der Waals surface area (Å²) in [7, 11) is 6.69. The quantitative estimate of drug-likeness (QED) is 0.452. The van der Waals surface area contributed by atoms with E-state index in [2.05, 4.69) is 4.26 Å². The molecule has 0 N–H and O–H groups in total. The molecule has 0 amide bonds. The molecule has 0 aliphatic heterocycles. The standard InChI is InChI=1S/C6H15Cl4N4P/c1-12(2)15(11-10,13(3)4)14(5)6(7,8)9/h1-5H3. The van der Waals surface area contributed by atoms with Crippen molar-refractivity contribution >= 4 is 54.1 Å². The van der Waals surface area contributed by atoms with Crippen molar-refractivity contribution in [1.82, 2.24) is 14.0 Å². The monoisotopic (exact) mass is 314 g/mol. The molecule has 0 heterocycles. The van der Waals surface area contributed by atoms with Crippen LogP contribution >= 0.6 is 54.1 Å². The van der Waals surface area contributed by atoms with E-state index in [0.29, 0.717) is 0 Å². The van der Waals surface area contributed by atoms with Crippen molar-refractivity contribution < 1.29 is 0 Å². The third kappa shape index (κ3) is 3.36. The first-order chi connectivity index (χ1) is 6.60. The molecule has 0 spiro atoms. The van der Waals surface area contributed by atoms with E-state index in [1.54, 1.807) is 7.05 Å². The maximum absolute atomic E-state index is 5.85. The summed E-state index contributed by atoms with van der Waals surface area (Å²) in [5, 5.41) is 0. The van der Waals surface area contributed by atoms with Crippen LogP contribution in [0.1, 0.15) is 0 Å². The lowest BCUT2D eigenvalue weighted by Gasteiger charge is -2.44. The van der Waals surface area contributed by atoms with E-state index in [0.717, 1.165) is 0 Å². The Morgan fingerprint density at radius 2 is 1.27 bits per heavy atom. The molecule has 0 aliphatic rings.